The van der Waals surface area contributed by atoms with Crippen LogP contribution in [0.4, 0.5) is 0 Å². The number of ether oxygens (including phenoxy) is 2. The second-order valence-corrected chi connectivity index (χ2v) is 13.8. The maximum Gasteiger partial charge on any atom is 0.328 e. The van der Waals surface area contributed by atoms with Crippen molar-refractivity contribution in [2.75, 3.05) is 13.1 Å². The van der Waals surface area contributed by atoms with Crippen LogP contribution in [0.5, 0.6) is 5.75 Å². The molecular formula is C38H55N5O12. The van der Waals surface area contributed by atoms with Gasteiger partial charge in [0.15, 0.2) is 6.04 Å². The van der Waals surface area contributed by atoms with Gasteiger partial charge in [-0.15, -0.1) is 0 Å². The molecule has 0 saturated carbocycles. The Kier molecular flexibility index (Phi) is 18.0. The Hall–Kier alpha value is -5.03. The van der Waals surface area contributed by atoms with Crippen molar-refractivity contribution in [3.8, 4) is 5.75 Å². The van der Waals surface area contributed by atoms with Crippen molar-refractivity contribution < 1.29 is 58.9 Å². The van der Waals surface area contributed by atoms with Crippen molar-refractivity contribution in [1.29, 1.82) is 0 Å². The van der Waals surface area contributed by atoms with E-state index in [2.05, 4.69) is 15.6 Å². The average Bonchev–Trinajstić information content (AvgIpc) is 3.48. The largest absolute Gasteiger partial charge is 0.507 e. The fourth-order valence-electron chi connectivity index (χ4n) is 6.17. The van der Waals surface area contributed by atoms with Crippen LogP contribution in [0.25, 0.3) is 0 Å². The molecule has 0 radical (unpaired) electrons. The summed E-state index contributed by atoms with van der Waals surface area (Å²) >= 11 is 0. The minimum atomic E-state index is -1.22. The summed E-state index contributed by atoms with van der Waals surface area (Å²) in [7, 11) is 0. The molecule has 4 amide bonds. The zero-order valence-corrected chi connectivity index (χ0v) is 31.7. The van der Waals surface area contributed by atoms with Gasteiger partial charge in [0.05, 0.1) is 11.5 Å². The van der Waals surface area contributed by atoms with Gasteiger partial charge in [-0.25, -0.2) is 19.9 Å². The summed E-state index contributed by atoms with van der Waals surface area (Å²) < 4.78 is 11.6. The van der Waals surface area contributed by atoms with E-state index >= 15 is 0 Å². The number of aliphatic carboxylic acids is 1. The van der Waals surface area contributed by atoms with E-state index in [4.69, 9.17) is 14.6 Å². The summed E-state index contributed by atoms with van der Waals surface area (Å²) in [6.07, 6.45) is 6.05. The van der Waals surface area contributed by atoms with Crippen molar-refractivity contribution in [3.63, 3.8) is 0 Å². The third kappa shape index (κ3) is 14.0. The molecule has 2 heterocycles. The number of carbonyl (C=O) groups excluding carboxylic acids is 5. The van der Waals surface area contributed by atoms with Crippen molar-refractivity contribution in [1.82, 2.24) is 20.8 Å². The standard InChI is InChI=1S/C38H55N5O12/c1-4-30(24(2)34(48)39-27-17-12-15-23-43(53)37(27)50)55-38(51)28(18-13-14-22-42(52)31(45)20-8-6-5-7-9-21-32(46)47)40-35(49)33-25(3)54-36(41-33)26-16-10-11-19-29(26)44/h8,10-11,16,19-20,24-25,27-28,30,33,44,52-53H,4-7,9,12-15,17-18,21-23H2,1-3H3,(H,39,48)(H,40,49)(H,46,47). The number of nitrogens with one attached hydrogen (secondary N) is 2. The highest BCUT2D eigenvalue weighted by molar-refractivity contribution is 6.01. The number of hydrogen-bond acceptors (Lipinski definition) is 12. The molecule has 1 saturated heterocycles. The number of aliphatic imine (C=N–C) groups is 1. The first kappa shape index (κ1) is 44.4. The molecule has 1 fully saturated rings. The van der Waals surface area contributed by atoms with E-state index in [9.17, 15) is 44.3 Å². The van der Waals surface area contributed by atoms with Crippen molar-refractivity contribution >= 4 is 41.5 Å². The molecule has 2 aliphatic rings. The van der Waals surface area contributed by atoms with Gasteiger partial charge in [0.25, 0.3) is 11.8 Å². The molecule has 0 aromatic heterocycles. The topological polar surface area (TPSA) is 245 Å². The fraction of sp³-hybridized carbons (Fsp3) is 0.605. The lowest BCUT2D eigenvalue weighted by Gasteiger charge is -2.27. The van der Waals surface area contributed by atoms with Gasteiger partial charge in [0, 0.05) is 25.6 Å². The van der Waals surface area contributed by atoms with E-state index in [0.29, 0.717) is 60.6 Å². The third-order valence-corrected chi connectivity index (χ3v) is 9.51. The number of carboxylic acids is 1. The first-order valence-electron chi connectivity index (χ1n) is 19.0. The Balaban J connectivity index is 1.65. The highest BCUT2D eigenvalue weighted by Gasteiger charge is 2.38. The maximum atomic E-state index is 13.7. The van der Waals surface area contributed by atoms with Crippen LogP contribution >= 0.6 is 0 Å². The molecule has 0 bridgehead atoms. The number of rotatable bonds is 21. The molecule has 17 nitrogen and oxygen atoms in total. The van der Waals surface area contributed by atoms with Gasteiger partial charge in [-0.3, -0.25) is 34.4 Å². The molecule has 0 spiro atoms. The van der Waals surface area contributed by atoms with E-state index in [1.54, 1.807) is 45.0 Å². The van der Waals surface area contributed by atoms with Crippen LogP contribution in [0, 0.1) is 5.92 Å². The summed E-state index contributed by atoms with van der Waals surface area (Å²) in [5, 5.41) is 45.7. The number of unbranched alkanes of at least 4 members (excludes halogenated alkanes) is 4. The van der Waals surface area contributed by atoms with Gasteiger partial charge in [0.2, 0.25) is 17.7 Å². The minimum absolute atomic E-state index is 0.0384. The van der Waals surface area contributed by atoms with E-state index in [1.807, 2.05) is 0 Å². The Morgan fingerprint density at radius 3 is 2.56 bits per heavy atom. The number of allylic oxidation sites excluding steroid dienone is 1. The molecule has 1 aromatic rings. The lowest BCUT2D eigenvalue weighted by atomic mass is 10.00. The number of esters is 1. The second-order valence-electron chi connectivity index (χ2n) is 13.8. The minimum Gasteiger partial charge on any atom is -0.507 e. The van der Waals surface area contributed by atoms with Crippen LogP contribution in [-0.4, -0.2) is 116 Å². The summed E-state index contributed by atoms with van der Waals surface area (Å²) in [5.74, 6) is -5.05. The smallest absolute Gasteiger partial charge is 0.328 e. The molecule has 2 aliphatic heterocycles. The number of hydrogen-bond donors (Lipinski definition) is 6. The summed E-state index contributed by atoms with van der Waals surface area (Å²) in [6, 6.07) is 3.13. The quantitative estimate of drug-likeness (QED) is 0.0347. The second kappa shape index (κ2) is 22.4. The van der Waals surface area contributed by atoms with Crippen LogP contribution in [-0.2, 0) is 38.2 Å². The summed E-state index contributed by atoms with van der Waals surface area (Å²) in [6.45, 7) is 4.99. The molecule has 304 valence electrons. The molecule has 17 heteroatoms. The average molecular weight is 774 g/mol. The Labute approximate surface area is 320 Å². The van der Waals surface area contributed by atoms with E-state index in [0.717, 1.165) is 0 Å². The highest BCUT2D eigenvalue weighted by atomic mass is 16.5. The number of phenols is 1. The predicted octanol–water partition coefficient (Wildman–Crippen LogP) is 3.23. The number of phenolic OH excluding ortho intramolecular Hbond substituents is 1. The van der Waals surface area contributed by atoms with E-state index in [1.165, 1.54) is 12.1 Å². The highest BCUT2D eigenvalue weighted by Crippen LogP contribution is 2.25. The molecule has 6 N–H and O–H groups in total. The van der Waals surface area contributed by atoms with Crippen molar-refractivity contribution in [2.24, 2.45) is 10.9 Å². The number of nitrogens with zero attached hydrogens (tertiary/aromatic N) is 3. The van der Waals surface area contributed by atoms with Gasteiger partial charge in [-0.1, -0.05) is 38.5 Å². The molecule has 6 unspecified atom stereocenters. The van der Waals surface area contributed by atoms with Gasteiger partial charge in [0.1, 0.15) is 30.0 Å². The lowest BCUT2D eigenvalue weighted by Crippen LogP contribution is -2.51. The molecule has 0 aliphatic carbocycles. The zero-order chi connectivity index (χ0) is 40.5. The van der Waals surface area contributed by atoms with Crippen LogP contribution in [0.1, 0.15) is 103 Å². The van der Waals surface area contributed by atoms with Gasteiger partial charge >= 0.3 is 11.9 Å². The third-order valence-electron chi connectivity index (χ3n) is 9.51. The van der Waals surface area contributed by atoms with Crippen LogP contribution in [0.2, 0.25) is 0 Å². The number of aromatic hydroxyl groups is 1. The molecule has 55 heavy (non-hydrogen) atoms. The first-order chi connectivity index (χ1) is 26.2. The Bertz CT molecular complexity index is 1550. The normalized spacial score (nSPS) is 20.1. The van der Waals surface area contributed by atoms with Crippen LogP contribution < -0.4 is 10.6 Å². The fourth-order valence-corrected chi connectivity index (χ4v) is 6.17. The summed E-state index contributed by atoms with van der Waals surface area (Å²) in [4.78, 5) is 80.3. The zero-order valence-electron chi connectivity index (χ0n) is 31.7. The number of carboxylic acid groups (broad SMARTS) is 1. The Morgan fingerprint density at radius 2 is 1.85 bits per heavy atom. The number of amides is 4. The monoisotopic (exact) mass is 773 g/mol. The van der Waals surface area contributed by atoms with Crippen LogP contribution in [0.3, 0.4) is 0 Å². The molecule has 1 aromatic carbocycles. The number of para-hydroxylation sites is 1. The van der Waals surface area contributed by atoms with E-state index < -0.39 is 71.8 Å². The van der Waals surface area contributed by atoms with Crippen molar-refractivity contribution in [3.05, 3.63) is 42.0 Å². The van der Waals surface area contributed by atoms with E-state index in [-0.39, 0.29) is 56.8 Å². The number of hydroxylamine groups is 4. The maximum absolute atomic E-state index is 13.7. The van der Waals surface area contributed by atoms with Gasteiger partial charge in [-0.05, 0) is 83.3 Å². The predicted molar refractivity (Wildman–Crippen MR) is 197 cm³/mol. The summed E-state index contributed by atoms with van der Waals surface area (Å²) in [5.41, 5.74) is 0.296. The van der Waals surface area contributed by atoms with Crippen LogP contribution in [0.15, 0.2) is 41.4 Å². The van der Waals surface area contributed by atoms with Gasteiger partial charge < -0.3 is 30.3 Å². The SMILES string of the molecule is CCC(OC(=O)C(CCCCN(O)C(=O)C=CCCCCCC(=O)O)NC(=O)C1N=C(c2ccccc2O)OC1C)C(C)C(=O)NC1CCCCN(O)C1=O. The Morgan fingerprint density at radius 1 is 1.11 bits per heavy atom. The molecular weight excluding hydrogens is 718 g/mol. The van der Waals surface area contributed by atoms with Crippen molar-refractivity contribution in [2.45, 2.75) is 128 Å². The molecule has 6 atom stereocenters. The number of benzene rings is 1. The molecule has 3 rings (SSSR count). The number of carbonyl (C=O) groups is 6. The lowest BCUT2D eigenvalue weighted by molar-refractivity contribution is -0.167. The first-order valence-corrected chi connectivity index (χ1v) is 19.0. The van der Waals surface area contributed by atoms with Gasteiger partial charge in [-0.2, -0.15) is 0 Å².